The van der Waals surface area contributed by atoms with E-state index in [2.05, 4.69) is 10.3 Å². The van der Waals surface area contributed by atoms with Gasteiger partial charge < -0.3 is 32.0 Å². The smallest absolute Gasteiger partial charge is 0.330 e. The first-order chi connectivity index (χ1) is 17.1. The van der Waals surface area contributed by atoms with Gasteiger partial charge in [0.25, 0.3) is 0 Å². The van der Waals surface area contributed by atoms with E-state index < -0.39 is 27.8 Å². The highest BCUT2D eigenvalue weighted by Gasteiger charge is 2.29. The fraction of sp³-hybridized carbons (Fsp3) is 0.348. The molecule has 1 amide bonds. The number of guanidine groups is 1. The minimum Gasteiger partial charge on any atom is -0.457 e. The van der Waals surface area contributed by atoms with Crippen LogP contribution in [0.4, 0.5) is 0 Å². The molecule has 0 bridgehead atoms. The molecule has 2 aromatic carbocycles. The topological polar surface area (TPSA) is 189 Å². The Morgan fingerprint density at radius 3 is 2.22 bits per heavy atom. The number of ether oxygens (including phenoxy) is 2. The molecular formula is C23H29N5O6S2. The number of carbonyl (C=O) groups is 2. The lowest BCUT2D eigenvalue weighted by atomic mass is 10.1. The maximum absolute atomic E-state index is 12.3. The molecule has 13 heteroatoms. The number of esters is 1. The van der Waals surface area contributed by atoms with E-state index in [9.17, 15) is 18.0 Å². The third-order valence-electron chi connectivity index (χ3n) is 4.99. The van der Waals surface area contributed by atoms with Gasteiger partial charge in [0.15, 0.2) is 15.8 Å². The molecule has 2 atom stereocenters. The van der Waals surface area contributed by atoms with Crippen LogP contribution in [0.5, 0.6) is 17.2 Å². The number of hydrogen-bond donors (Lipinski definition) is 4. The average molecular weight is 536 g/mol. The van der Waals surface area contributed by atoms with Crippen LogP contribution in [0.15, 0.2) is 58.4 Å². The standard InChI is InChI=1S/C23H29N5O6S2/c24-20(2-1-11-27-23(25)26)22(30)28-12-21(29)34-17-5-3-15(4-6-17)33-16-7-9-19(10-8-16)36(31,32)14-18-13-35-18/h3-10,18,20H,1-2,11-14,24H2,(H,28,30)(H4,25,26,27). The largest absolute Gasteiger partial charge is 0.457 e. The Kier molecular flexibility index (Phi) is 9.56. The van der Waals surface area contributed by atoms with Crippen LogP contribution < -0.4 is 32.0 Å². The predicted molar refractivity (Wildman–Crippen MR) is 138 cm³/mol. The summed E-state index contributed by atoms with van der Waals surface area (Å²) in [5.41, 5.74) is 16.2. The molecule has 2 aromatic rings. The van der Waals surface area contributed by atoms with Gasteiger partial charge in [0.2, 0.25) is 5.91 Å². The summed E-state index contributed by atoms with van der Waals surface area (Å²) >= 11 is 1.64. The lowest BCUT2D eigenvalue weighted by molar-refractivity contribution is -0.135. The number of amides is 1. The van der Waals surface area contributed by atoms with E-state index in [0.717, 1.165) is 5.75 Å². The number of carbonyl (C=O) groups excluding carboxylic acids is 2. The van der Waals surface area contributed by atoms with Crippen LogP contribution >= 0.6 is 11.8 Å². The molecule has 2 unspecified atom stereocenters. The highest BCUT2D eigenvalue weighted by Crippen LogP contribution is 2.33. The molecule has 0 aliphatic carbocycles. The zero-order valence-electron chi connectivity index (χ0n) is 19.5. The quantitative estimate of drug-likeness (QED) is 0.0712. The van der Waals surface area contributed by atoms with E-state index >= 15 is 0 Å². The van der Waals surface area contributed by atoms with Crippen LogP contribution in [0.25, 0.3) is 0 Å². The molecule has 36 heavy (non-hydrogen) atoms. The van der Waals surface area contributed by atoms with Crippen molar-refractivity contribution in [1.82, 2.24) is 5.32 Å². The summed E-state index contributed by atoms with van der Waals surface area (Å²) in [6, 6.07) is 11.7. The molecule has 194 valence electrons. The molecular weight excluding hydrogens is 506 g/mol. The predicted octanol–water partition coefficient (Wildman–Crippen LogP) is 0.771. The van der Waals surface area contributed by atoms with Gasteiger partial charge in [0.1, 0.15) is 23.8 Å². The first-order valence-electron chi connectivity index (χ1n) is 11.1. The summed E-state index contributed by atoms with van der Waals surface area (Å²) < 4.78 is 35.6. The zero-order valence-corrected chi connectivity index (χ0v) is 21.1. The molecule has 0 saturated carbocycles. The fourth-order valence-corrected chi connectivity index (χ4v) is 5.72. The summed E-state index contributed by atoms with van der Waals surface area (Å²) in [5, 5.41) is 2.63. The summed E-state index contributed by atoms with van der Waals surface area (Å²) in [6.07, 6.45) is 0.880. The molecule has 1 aliphatic heterocycles. The Labute approximate surface area is 213 Å². The number of sulfone groups is 1. The molecule has 11 nitrogen and oxygen atoms in total. The second-order valence-electron chi connectivity index (χ2n) is 8.03. The van der Waals surface area contributed by atoms with Crippen molar-refractivity contribution in [1.29, 1.82) is 0 Å². The molecule has 1 saturated heterocycles. The van der Waals surface area contributed by atoms with Gasteiger partial charge in [0.05, 0.1) is 16.7 Å². The van der Waals surface area contributed by atoms with Crippen LogP contribution in [0.2, 0.25) is 0 Å². The van der Waals surface area contributed by atoms with Crippen molar-refractivity contribution in [3.63, 3.8) is 0 Å². The lowest BCUT2D eigenvalue weighted by Gasteiger charge is -2.12. The van der Waals surface area contributed by atoms with Crippen molar-refractivity contribution in [2.45, 2.75) is 29.0 Å². The zero-order chi connectivity index (χ0) is 26.1. The van der Waals surface area contributed by atoms with Gasteiger partial charge in [-0.1, -0.05) is 0 Å². The van der Waals surface area contributed by atoms with Crippen molar-refractivity contribution >= 4 is 39.4 Å². The first kappa shape index (κ1) is 27.3. The maximum atomic E-state index is 12.3. The highest BCUT2D eigenvalue weighted by molar-refractivity contribution is 8.08. The summed E-state index contributed by atoms with van der Waals surface area (Å²) in [6.45, 7) is 0.0192. The molecule has 7 N–H and O–H groups in total. The van der Waals surface area contributed by atoms with Crippen molar-refractivity contribution in [2.75, 3.05) is 24.6 Å². The van der Waals surface area contributed by atoms with E-state index in [1.807, 2.05) is 0 Å². The second kappa shape index (κ2) is 12.6. The monoisotopic (exact) mass is 535 g/mol. The number of nitrogens with two attached hydrogens (primary N) is 3. The van der Waals surface area contributed by atoms with Crippen LogP contribution in [0, 0.1) is 0 Å². The minimum absolute atomic E-state index is 0.0274. The third kappa shape index (κ3) is 9.06. The summed E-state index contributed by atoms with van der Waals surface area (Å²) in [4.78, 5) is 28.1. The summed E-state index contributed by atoms with van der Waals surface area (Å²) in [7, 11) is -3.30. The van der Waals surface area contributed by atoms with Gasteiger partial charge in [-0.3, -0.25) is 9.79 Å². The Bertz CT molecular complexity index is 1180. The number of rotatable bonds is 13. The highest BCUT2D eigenvalue weighted by atomic mass is 32.2. The summed E-state index contributed by atoms with van der Waals surface area (Å²) in [5.74, 6) is 1.07. The number of benzene rings is 2. The molecule has 0 radical (unpaired) electrons. The normalized spacial score (nSPS) is 15.4. The van der Waals surface area contributed by atoms with Crippen LogP contribution in [-0.4, -0.2) is 62.1 Å². The molecule has 3 rings (SSSR count). The number of nitrogens with zero attached hydrogens (tertiary/aromatic N) is 1. The molecule has 1 aliphatic rings. The van der Waals surface area contributed by atoms with Crippen LogP contribution in [0.3, 0.4) is 0 Å². The Balaban J connectivity index is 1.42. The van der Waals surface area contributed by atoms with E-state index in [1.165, 1.54) is 24.3 Å². The molecule has 1 fully saturated rings. The Morgan fingerprint density at radius 1 is 1.06 bits per heavy atom. The van der Waals surface area contributed by atoms with Crippen molar-refractivity contribution in [3.8, 4) is 17.2 Å². The second-order valence-corrected chi connectivity index (χ2v) is 11.4. The van der Waals surface area contributed by atoms with Crippen molar-refractivity contribution in [3.05, 3.63) is 48.5 Å². The van der Waals surface area contributed by atoms with Gasteiger partial charge in [-0.25, -0.2) is 13.2 Å². The van der Waals surface area contributed by atoms with Gasteiger partial charge in [-0.2, -0.15) is 11.8 Å². The number of aliphatic imine (C=N–C) groups is 1. The van der Waals surface area contributed by atoms with E-state index in [0.29, 0.717) is 30.9 Å². The SMILES string of the molecule is NC(N)=NCCCC(N)C(=O)NCC(=O)Oc1ccc(Oc2ccc(S(=O)(=O)CC3CS3)cc2)cc1. The van der Waals surface area contributed by atoms with E-state index in [4.69, 9.17) is 26.7 Å². The minimum atomic E-state index is -3.30. The van der Waals surface area contributed by atoms with Gasteiger partial charge >= 0.3 is 5.97 Å². The Hall–Kier alpha value is -3.29. The number of nitrogens with one attached hydrogen (secondary N) is 1. The Morgan fingerprint density at radius 2 is 1.64 bits per heavy atom. The van der Waals surface area contributed by atoms with Crippen LogP contribution in [0.1, 0.15) is 12.8 Å². The van der Waals surface area contributed by atoms with Crippen LogP contribution in [-0.2, 0) is 19.4 Å². The lowest BCUT2D eigenvalue weighted by Crippen LogP contribution is -2.43. The first-order valence-corrected chi connectivity index (χ1v) is 13.8. The average Bonchev–Trinajstić information content (AvgIpc) is 3.65. The van der Waals surface area contributed by atoms with Crippen molar-refractivity contribution in [2.24, 2.45) is 22.2 Å². The molecule has 0 spiro atoms. The van der Waals surface area contributed by atoms with Gasteiger partial charge in [0, 0.05) is 17.5 Å². The molecule has 1 heterocycles. The van der Waals surface area contributed by atoms with Crippen molar-refractivity contribution < 1.29 is 27.5 Å². The third-order valence-corrected chi connectivity index (χ3v) is 8.01. The maximum Gasteiger partial charge on any atom is 0.330 e. The number of hydrogen-bond acceptors (Lipinski definition) is 9. The van der Waals surface area contributed by atoms with E-state index in [-0.39, 0.29) is 34.2 Å². The molecule has 0 aromatic heterocycles. The number of thioether (sulfide) groups is 1. The fourth-order valence-electron chi connectivity index (χ4n) is 3.04. The van der Waals surface area contributed by atoms with E-state index in [1.54, 1.807) is 36.0 Å². The van der Waals surface area contributed by atoms with Gasteiger partial charge in [-0.15, -0.1) is 0 Å². The van der Waals surface area contributed by atoms with Gasteiger partial charge in [-0.05, 0) is 61.4 Å².